The number of hydrogen-bond donors (Lipinski definition) is 1. The summed E-state index contributed by atoms with van der Waals surface area (Å²) < 4.78 is 10.4. The molecule has 0 saturated carbocycles. The van der Waals surface area contributed by atoms with Crippen molar-refractivity contribution in [3.8, 4) is 11.6 Å². The van der Waals surface area contributed by atoms with Gasteiger partial charge in [0, 0.05) is 0 Å². The number of rotatable bonds is 4. The fraction of sp³-hybridized carbons (Fsp3) is 0.462. The zero-order valence-electron chi connectivity index (χ0n) is 10.9. The van der Waals surface area contributed by atoms with E-state index in [4.69, 9.17) is 8.94 Å². The van der Waals surface area contributed by atoms with Crippen LogP contribution in [0.4, 0.5) is 0 Å². The third kappa shape index (κ3) is 2.57. The van der Waals surface area contributed by atoms with E-state index in [1.807, 2.05) is 4.90 Å². The first-order chi connectivity index (χ1) is 9.74. The number of aromatic nitrogens is 2. The summed E-state index contributed by atoms with van der Waals surface area (Å²) in [6, 6.07) is 3.02. The lowest BCUT2D eigenvalue weighted by molar-refractivity contribution is -0.145. The molecule has 2 aromatic rings. The molecule has 1 N–H and O–H groups in total. The monoisotopic (exact) mass is 277 g/mol. The second-order valence-electron chi connectivity index (χ2n) is 4.81. The predicted molar refractivity (Wildman–Crippen MR) is 67.7 cm³/mol. The Balaban J connectivity index is 1.72. The summed E-state index contributed by atoms with van der Waals surface area (Å²) in [5.74, 6) is 0.530. The van der Waals surface area contributed by atoms with Gasteiger partial charge in [0.25, 0.3) is 0 Å². The van der Waals surface area contributed by atoms with E-state index in [0.717, 1.165) is 19.4 Å². The van der Waals surface area contributed by atoms with Gasteiger partial charge in [0.05, 0.1) is 12.8 Å². The Hall–Kier alpha value is -2.15. The molecule has 0 aliphatic carbocycles. The van der Waals surface area contributed by atoms with E-state index in [1.165, 1.54) is 6.26 Å². The third-order valence-electron chi connectivity index (χ3n) is 3.45. The average molecular weight is 277 g/mol. The Labute approximate surface area is 115 Å². The zero-order valence-corrected chi connectivity index (χ0v) is 10.9. The van der Waals surface area contributed by atoms with Gasteiger partial charge in [-0.25, -0.2) is 0 Å². The topological polar surface area (TPSA) is 92.6 Å². The number of piperidine rings is 1. The quantitative estimate of drug-likeness (QED) is 0.910. The molecule has 1 aliphatic rings. The molecule has 1 aliphatic heterocycles. The molecular weight excluding hydrogens is 262 g/mol. The summed E-state index contributed by atoms with van der Waals surface area (Å²) in [5, 5.41) is 13.1. The molecule has 0 spiro atoms. The lowest BCUT2D eigenvalue weighted by Crippen LogP contribution is -2.44. The molecule has 2 aromatic heterocycles. The van der Waals surface area contributed by atoms with Crippen LogP contribution in [0.3, 0.4) is 0 Å². The lowest BCUT2D eigenvalue weighted by Gasteiger charge is -2.31. The maximum absolute atomic E-state index is 11.2. The highest BCUT2D eigenvalue weighted by atomic mass is 16.5. The molecule has 3 rings (SSSR count). The van der Waals surface area contributed by atoms with Crippen LogP contribution in [-0.2, 0) is 11.3 Å². The third-order valence-corrected chi connectivity index (χ3v) is 3.45. The molecule has 1 unspecified atom stereocenters. The molecule has 0 bridgehead atoms. The van der Waals surface area contributed by atoms with Gasteiger partial charge in [0.1, 0.15) is 6.04 Å². The smallest absolute Gasteiger partial charge is 0.320 e. The van der Waals surface area contributed by atoms with E-state index in [0.29, 0.717) is 30.4 Å². The number of carboxylic acid groups (broad SMARTS) is 1. The van der Waals surface area contributed by atoms with Crippen molar-refractivity contribution in [1.29, 1.82) is 0 Å². The number of nitrogens with zero attached hydrogens (tertiary/aromatic N) is 3. The maximum atomic E-state index is 11.2. The van der Waals surface area contributed by atoms with Crippen LogP contribution >= 0.6 is 0 Å². The van der Waals surface area contributed by atoms with Gasteiger partial charge in [-0.1, -0.05) is 11.6 Å². The van der Waals surface area contributed by atoms with Crippen molar-refractivity contribution >= 4 is 5.97 Å². The van der Waals surface area contributed by atoms with Crippen molar-refractivity contribution in [3.63, 3.8) is 0 Å². The highest BCUT2D eigenvalue weighted by Gasteiger charge is 2.29. The first-order valence-electron chi connectivity index (χ1n) is 6.57. The Morgan fingerprint density at radius 2 is 2.40 bits per heavy atom. The summed E-state index contributed by atoms with van der Waals surface area (Å²) in [6.45, 7) is 1.08. The van der Waals surface area contributed by atoms with E-state index in [1.54, 1.807) is 12.1 Å². The predicted octanol–water partition coefficient (Wildman–Crippen LogP) is 1.77. The van der Waals surface area contributed by atoms with Crippen molar-refractivity contribution in [2.75, 3.05) is 6.54 Å². The van der Waals surface area contributed by atoms with Crippen LogP contribution in [0.2, 0.25) is 0 Å². The summed E-state index contributed by atoms with van der Waals surface area (Å²) in [7, 11) is 0. The van der Waals surface area contributed by atoms with E-state index < -0.39 is 12.0 Å². The Morgan fingerprint density at radius 3 is 3.15 bits per heavy atom. The Bertz CT molecular complexity index is 578. The molecule has 106 valence electrons. The summed E-state index contributed by atoms with van der Waals surface area (Å²) >= 11 is 0. The molecule has 7 heteroatoms. The number of likely N-dealkylation sites (tertiary alicyclic amines) is 1. The number of aliphatic carboxylic acids is 1. The fourth-order valence-corrected chi connectivity index (χ4v) is 2.46. The normalized spacial score (nSPS) is 20.1. The van der Waals surface area contributed by atoms with Crippen molar-refractivity contribution in [2.24, 2.45) is 0 Å². The number of carbonyl (C=O) groups is 1. The van der Waals surface area contributed by atoms with Crippen LogP contribution in [0.1, 0.15) is 25.2 Å². The molecule has 1 saturated heterocycles. The summed E-state index contributed by atoms with van der Waals surface area (Å²) in [4.78, 5) is 17.3. The molecule has 20 heavy (non-hydrogen) atoms. The molecule has 1 fully saturated rings. The van der Waals surface area contributed by atoms with Crippen LogP contribution in [-0.4, -0.2) is 38.7 Å². The molecule has 7 nitrogen and oxygen atoms in total. The highest BCUT2D eigenvalue weighted by Crippen LogP contribution is 2.21. The van der Waals surface area contributed by atoms with Crippen LogP contribution < -0.4 is 0 Å². The largest absolute Gasteiger partial charge is 0.480 e. The molecule has 0 radical (unpaired) electrons. The van der Waals surface area contributed by atoms with Crippen molar-refractivity contribution in [1.82, 2.24) is 15.0 Å². The number of furan rings is 1. The number of carboxylic acids is 1. The van der Waals surface area contributed by atoms with Crippen LogP contribution in [0, 0.1) is 0 Å². The second kappa shape index (κ2) is 5.46. The van der Waals surface area contributed by atoms with Gasteiger partial charge < -0.3 is 14.0 Å². The van der Waals surface area contributed by atoms with Gasteiger partial charge in [-0.3, -0.25) is 9.69 Å². The molecular formula is C13H15N3O4. The van der Waals surface area contributed by atoms with Crippen LogP contribution in [0.15, 0.2) is 27.3 Å². The lowest BCUT2D eigenvalue weighted by atomic mass is 10.0. The minimum absolute atomic E-state index is 0.352. The van der Waals surface area contributed by atoms with Crippen molar-refractivity contribution in [3.05, 3.63) is 24.3 Å². The zero-order chi connectivity index (χ0) is 13.9. The second-order valence-corrected chi connectivity index (χ2v) is 4.81. The van der Waals surface area contributed by atoms with Crippen LogP contribution in [0.5, 0.6) is 0 Å². The summed E-state index contributed by atoms with van der Waals surface area (Å²) in [5.41, 5.74) is 0. The molecule has 0 amide bonds. The number of hydrogen-bond acceptors (Lipinski definition) is 6. The van der Waals surface area contributed by atoms with E-state index in [-0.39, 0.29) is 0 Å². The van der Waals surface area contributed by atoms with Gasteiger partial charge in [-0.2, -0.15) is 4.98 Å². The van der Waals surface area contributed by atoms with Gasteiger partial charge in [0.2, 0.25) is 11.7 Å². The summed E-state index contributed by atoms with van der Waals surface area (Å²) in [6.07, 6.45) is 4.13. The van der Waals surface area contributed by atoms with Crippen molar-refractivity contribution in [2.45, 2.75) is 31.8 Å². The standard InChI is InChI=1S/C13H15N3O4/c17-13(18)9-4-1-2-6-16(9)8-11-14-12(15-20-11)10-5-3-7-19-10/h3,5,7,9H,1-2,4,6,8H2,(H,17,18). The molecule has 1 atom stereocenters. The van der Waals surface area contributed by atoms with Gasteiger partial charge >= 0.3 is 5.97 Å². The van der Waals surface area contributed by atoms with Gasteiger partial charge in [0.15, 0.2) is 5.76 Å². The van der Waals surface area contributed by atoms with Crippen molar-refractivity contribution < 1.29 is 18.8 Å². The first kappa shape index (κ1) is 12.9. The maximum Gasteiger partial charge on any atom is 0.320 e. The first-order valence-corrected chi connectivity index (χ1v) is 6.57. The molecule has 3 heterocycles. The average Bonchev–Trinajstić information content (AvgIpc) is 3.09. The van der Waals surface area contributed by atoms with E-state index >= 15 is 0 Å². The van der Waals surface area contributed by atoms with E-state index in [9.17, 15) is 9.90 Å². The van der Waals surface area contributed by atoms with E-state index in [2.05, 4.69) is 10.1 Å². The Kier molecular flexibility index (Phi) is 3.51. The van der Waals surface area contributed by atoms with Gasteiger partial charge in [-0.15, -0.1) is 0 Å². The molecule has 0 aromatic carbocycles. The SMILES string of the molecule is O=C(O)C1CCCCN1Cc1nc(-c2ccco2)no1. The van der Waals surface area contributed by atoms with Gasteiger partial charge in [-0.05, 0) is 31.5 Å². The minimum Gasteiger partial charge on any atom is -0.480 e. The van der Waals surface area contributed by atoms with Crippen LogP contribution in [0.25, 0.3) is 11.6 Å². The highest BCUT2D eigenvalue weighted by molar-refractivity contribution is 5.73. The Morgan fingerprint density at radius 1 is 1.50 bits per heavy atom. The minimum atomic E-state index is -0.796. The fourth-order valence-electron chi connectivity index (χ4n) is 2.46.